The van der Waals surface area contributed by atoms with Crippen molar-refractivity contribution in [2.45, 2.75) is 19.8 Å². The number of nitro benzene ring substituents is 1. The zero-order chi connectivity index (χ0) is 13.9. The van der Waals surface area contributed by atoms with Gasteiger partial charge in [0.15, 0.2) is 5.78 Å². The lowest BCUT2D eigenvalue weighted by Gasteiger charge is -2.12. The molecule has 0 N–H and O–H groups in total. The molecule has 0 aliphatic rings. The molecule has 0 unspecified atom stereocenters. The number of ketones is 1. The van der Waals surface area contributed by atoms with Crippen molar-refractivity contribution in [1.82, 2.24) is 0 Å². The topological polar surface area (TPSA) is 69.4 Å². The smallest absolute Gasteiger partial charge is 0.311 e. The minimum atomic E-state index is -0.532. The van der Waals surface area contributed by atoms with Crippen LogP contribution in [0.25, 0.3) is 0 Å². The molecule has 0 atom stereocenters. The van der Waals surface area contributed by atoms with E-state index in [1.807, 2.05) is 13.8 Å². The van der Waals surface area contributed by atoms with Crippen LogP contribution in [0.3, 0.4) is 0 Å². The summed E-state index contributed by atoms with van der Waals surface area (Å²) < 4.78 is 5.01. The molecule has 0 saturated heterocycles. The van der Waals surface area contributed by atoms with E-state index in [0.717, 1.165) is 5.56 Å². The first kappa shape index (κ1) is 14.6. The fourth-order valence-corrected chi connectivity index (χ4v) is 1.90. The van der Waals surface area contributed by atoms with Gasteiger partial charge in [0.1, 0.15) is 0 Å². The molecular formula is C12H14BrNO4. The van der Waals surface area contributed by atoms with Crippen molar-refractivity contribution in [1.29, 1.82) is 0 Å². The first-order valence-electron chi connectivity index (χ1n) is 5.37. The quantitative estimate of drug-likeness (QED) is 0.362. The molecule has 0 fully saturated rings. The highest BCUT2D eigenvalue weighted by atomic mass is 79.9. The van der Waals surface area contributed by atoms with Gasteiger partial charge in [-0.05, 0) is 17.5 Å². The molecule has 98 valence electrons. The summed E-state index contributed by atoms with van der Waals surface area (Å²) in [5, 5.41) is 11.1. The summed E-state index contributed by atoms with van der Waals surface area (Å²) in [7, 11) is 1.32. The van der Waals surface area contributed by atoms with E-state index < -0.39 is 4.92 Å². The van der Waals surface area contributed by atoms with E-state index in [1.54, 1.807) is 6.07 Å². The van der Waals surface area contributed by atoms with Crippen LogP contribution in [0.2, 0.25) is 0 Å². The molecule has 18 heavy (non-hydrogen) atoms. The van der Waals surface area contributed by atoms with Crippen molar-refractivity contribution in [2.24, 2.45) is 0 Å². The van der Waals surface area contributed by atoms with Crippen LogP contribution >= 0.6 is 15.9 Å². The summed E-state index contributed by atoms with van der Waals surface area (Å²) in [5.41, 5.74) is 0.812. The molecule has 0 radical (unpaired) electrons. The monoisotopic (exact) mass is 315 g/mol. The summed E-state index contributed by atoms with van der Waals surface area (Å²) in [6.45, 7) is 3.82. The molecule has 0 amide bonds. The molecule has 1 aromatic carbocycles. The SMILES string of the molecule is COc1c(C(=O)CBr)cc(C(C)C)cc1[N+](=O)[O-]. The van der Waals surface area contributed by atoms with Crippen LogP contribution in [0.15, 0.2) is 12.1 Å². The molecule has 0 aliphatic carbocycles. The zero-order valence-corrected chi connectivity index (χ0v) is 12.0. The number of hydrogen-bond acceptors (Lipinski definition) is 4. The van der Waals surface area contributed by atoms with E-state index in [-0.39, 0.29) is 34.0 Å². The molecule has 0 spiro atoms. The third-order valence-corrected chi connectivity index (χ3v) is 3.09. The van der Waals surface area contributed by atoms with E-state index >= 15 is 0 Å². The minimum Gasteiger partial charge on any atom is -0.490 e. The van der Waals surface area contributed by atoms with Gasteiger partial charge >= 0.3 is 5.69 Å². The Morgan fingerprint density at radius 1 is 1.50 bits per heavy atom. The maximum atomic E-state index is 11.8. The maximum absolute atomic E-state index is 11.8. The van der Waals surface area contributed by atoms with Crippen LogP contribution in [0.4, 0.5) is 5.69 Å². The van der Waals surface area contributed by atoms with Gasteiger partial charge in [-0.2, -0.15) is 0 Å². The summed E-state index contributed by atoms with van der Waals surface area (Å²) in [6.07, 6.45) is 0. The van der Waals surface area contributed by atoms with Crippen molar-refractivity contribution >= 4 is 27.4 Å². The molecular weight excluding hydrogens is 302 g/mol. The molecule has 1 rings (SSSR count). The van der Waals surface area contributed by atoms with E-state index in [1.165, 1.54) is 13.2 Å². The third-order valence-electron chi connectivity index (χ3n) is 2.58. The largest absolute Gasteiger partial charge is 0.490 e. The Labute approximate surface area is 113 Å². The van der Waals surface area contributed by atoms with Crippen molar-refractivity contribution < 1.29 is 14.5 Å². The van der Waals surface area contributed by atoms with Gasteiger partial charge in [-0.3, -0.25) is 14.9 Å². The molecule has 1 aromatic rings. The number of halogens is 1. The predicted octanol–water partition coefficient (Wildman–Crippen LogP) is 3.30. The maximum Gasteiger partial charge on any atom is 0.311 e. The van der Waals surface area contributed by atoms with Crippen LogP contribution < -0.4 is 4.74 Å². The number of benzene rings is 1. The summed E-state index contributed by atoms with van der Waals surface area (Å²) >= 11 is 3.06. The van der Waals surface area contributed by atoms with Gasteiger partial charge in [0.05, 0.1) is 22.9 Å². The first-order valence-corrected chi connectivity index (χ1v) is 6.50. The Hall–Kier alpha value is -1.43. The number of nitrogens with zero attached hydrogens (tertiary/aromatic N) is 1. The van der Waals surface area contributed by atoms with Crippen LogP contribution in [0.5, 0.6) is 5.75 Å². The molecule has 0 aromatic heterocycles. The van der Waals surface area contributed by atoms with E-state index in [4.69, 9.17) is 4.74 Å². The fraction of sp³-hybridized carbons (Fsp3) is 0.417. The normalized spacial score (nSPS) is 10.5. The average Bonchev–Trinajstić information content (AvgIpc) is 2.35. The van der Waals surface area contributed by atoms with Gasteiger partial charge in [0.2, 0.25) is 5.75 Å². The number of carbonyl (C=O) groups excluding carboxylic acids is 1. The molecule has 0 saturated carbocycles. The Morgan fingerprint density at radius 3 is 2.50 bits per heavy atom. The number of nitro groups is 1. The highest BCUT2D eigenvalue weighted by Crippen LogP contribution is 2.35. The number of carbonyl (C=O) groups is 1. The number of alkyl halides is 1. The van der Waals surface area contributed by atoms with Crippen molar-refractivity contribution in [3.63, 3.8) is 0 Å². The molecule has 0 aliphatic heterocycles. The highest BCUT2D eigenvalue weighted by molar-refractivity contribution is 9.09. The van der Waals surface area contributed by atoms with Gasteiger partial charge in [0.25, 0.3) is 0 Å². The van der Waals surface area contributed by atoms with Crippen LogP contribution in [-0.4, -0.2) is 23.1 Å². The number of ether oxygens (including phenoxy) is 1. The number of Topliss-reactive ketones (excluding diaryl/α,β-unsaturated/α-hetero) is 1. The van der Waals surface area contributed by atoms with Crippen LogP contribution in [-0.2, 0) is 0 Å². The second-order valence-electron chi connectivity index (χ2n) is 4.09. The lowest BCUT2D eigenvalue weighted by molar-refractivity contribution is -0.385. The van der Waals surface area contributed by atoms with E-state index in [0.29, 0.717) is 0 Å². The fourth-order valence-electron chi connectivity index (χ4n) is 1.60. The van der Waals surface area contributed by atoms with Gasteiger partial charge in [-0.15, -0.1) is 0 Å². The Morgan fingerprint density at radius 2 is 2.11 bits per heavy atom. The Bertz CT molecular complexity index is 485. The van der Waals surface area contributed by atoms with Crippen molar-refractivity contribution in [3.05, 3.63) is 33.4 Å². The standard InChI is InChI=1S/C12H14BrNO4/c1-7(2)8-4-9(11(15)6-13)12(18-3)10(5-8)14(16)17/h4-5,7H,6H2,1-3H3. The Kier molecular flexibility index (Phi) is 4.84. The average molecular weight is 316 g/mol. The Balaban J connectivity index is 3.55. The number of methoxy groups -OCH3 is 1. The van der Waals surface area contributed by atoms with Crippen LogP contribution in [0, 0.1) is 10.1 Å². The van der Waals surface area contributed by atoms with Gasteiger partial charge < -0.3 is 4.74 Å². The van der Waals surface area contributed by atoms with E-state index in [2.05, 4.69) is 15.9 Å². The highest BCUT2D eigenvalue weighted by Gasteiger charge is 2.24. The second-order valence-corrected chi connectivity index (χ2v) is 4.65. The number of rotatable bonds is 5. The van der Waals surface area contributed by atoms with Crippen LogP contribution in [0.1, 0.15) is 35.7 Å². The molecule has 5 nitrogen and oxygen atoms in total. The second kappa shape index (κ2) is 5.95. The first-order chi connectivity index (χ1) is 8.42. The summed E-state index contributed by atoms with van der Waals surface area (Å²) in [4.78, 5) is 22.3. The van der Waals surface area contributed by atoms with Crippen molar-refractivity contribution in [3.8, 4) is 5.75 Å². The van der Waals surface area contributed by atoms with Gasteiger partial charge in [-0.25, -0.2) is 0 Å². The number of hydrogen-bond donors (Lipinski definition) is 0. The van der Waals surface area contributed by atoms with Gasteiger partial charge in [0, 0.05) is 6.07 Å². The van der Waals surface area contributed by atoms with E-state index in [9.17, 15) is 14.9 Å². The lowest BCUT2D eigenvalue weighted by atomic mass is 9.97. The lowest BCUT2D eigenvalue weighted by Crippen LogP contribution is -2.07. The molecule has 0 heterocycles. The summed E-state index contributed by atoms with van der Waals surface area (Å²) in [6, 6.07) is 3.11. The molecule has 6 heteroatoms. The summed E-state index contributed by atoms with van der Waals surface area (Å²) in [5.74, 6) is -0.122. The zero-order valence-electron chi connectivity index (χ0n) is 10.4. The minimum absolute atomic E-state index is 0.0221. The predicted molar refractivity (Wildman–Crippen MR) is 71.9 cm³/mol. The van der Waals surface area contributed by atoms with Gasteiger partial charge in [-0.1, -0.05) is 29.8 Å². The molecule has 0 bridgehead atoms. The third kappa shape index (κ3) is 2.87. The van der Waals surface area contributed by atoms with Crippen molar-refractivity contribution in [2.75, 3.05) is 12.4 Å².